The predicted molar refractivity (Wildman–Crippen MR) is 279 cm³/mol. The fraction of sp³-hybridized carbons (Fsp3) is 0.481. The molecule has 7 amide bonds. The summed E-state index contributed by atoms with van der Waals surface area (Å²) in [4.78, 5) is 116. The van der Waals surface area contributed by atoms with Crippen LogP contribution in [0.4, 0.5) is 19.7 Å². The Hall–Kier alpha value is -7.95. The molecule has 5 heterocycles. The van der Waals surface area contributed by atoms with E-state index in [0.717, 1.165) is 4.90 Å². The van der Waals surface area contributed by atoms with Crippen molar-refractivity contribution in [3.63, 3.8) is 0 Å². The molecule has 2 aromatic heterocycles. The minimum absolute atomic E-state index is 0.0124. The lowest BCUT2D eigenvalue weighted by atomic mass is 9.89. The molecule has 0 bridgehead atoms. The number of hydrogen-bond acceptors (Lipinski definition) is 15. The van der Waals surface area contributed by atoms with Crippen LogP contribution in [0.2, 0.25) is 0 Å². The number of likely N-dealkylation sites (tertiary alicyclic amines) is 1. The number of piperidine rings is 1. The van der Waals surface area contributed by atoms with Crippen molar-refractivity contribution in [2.45, 2.75) is 103 Å². The SMILES string of the molecule is COc1ccc2ncc(=O)n(CCN3CC[C@H](N(Cc4cc5c(cn4)OCCO5)C(=O)OCc4ccc(NC(=O)[C@H](CCCNC(N)=O)CC(=O)[C@@H](NC(=O)CCCCCN5C(=O)C=CC5=O)C(C)C)cc4)[C@@H](F)C3)c2c1. The van der Waals surface area contributed by atoms with Gasteiger partial charge in [-0.05, 0) is 67.9 Å². The zero-order valence-electron chi connectivity index (χ0n) is 43.6. The van der Waals surface area contributed by atoms with Gasteiger partial charge in [0.1, 0.15) is 31.7 Å². The molecule has 412 valence electrons. The van der Waals surface area contributed by atoms with Crippen LogP contribution in [0.3, 0.4) is 0 Å². The molecule has 0 spiro atoms. The van der Waals surface area contributed by atoms with E-state index in [4.69, 9.17) is 24.7 Å². The maximum absolute atomic E-state index is 16.5. The van der Waals surface area contributed by atoms with Crippen LogP contribution in [-0.4, -0.2) is 142 Å². The predicted octanol–water partition coefficient (Wildman–Crippen LogP) is 4.41. The van der Waals surface area contributed by atoms with Crippen LogP contribution >= 0.6 is 0 Å². The maximum atomic E-state index is 16.5. The third-order valence-electron chi connectivity index (χ3n) is 13.7. The highest BCUT2D eigenvalue weighted by Gasteiger charge is 2.38. The largest absolute Gasteiger partial charge is 0.497 e. The number of fused-ring (bicyclic) bond motifs is 2. The number of carbonyl (C=O) groups excluding carboxylic acids is 7. The second-order valence-electron chi connectivity index (χ2n) is 19.5. The van der Waals surface area contributed by atoms with E-state index < -0.39 is 42.2 Å². The minimum Gasteiger partial charge on any atom is -0.497 e. The Morgan fingerprint density at radius 2 is 1.65 bits per heavy atom. The van der Waals surface area contributed by atoms with E-state index in [1.807, 2.05) is 4.90 Å². The number of amides is 7. The number of nitrogens with one attached hydrogen (secondary N) is 3. The standard InChI is InChI=1S/C54H67FN10O12/c1-34(2)51(61-47(67)9-5-4-6-20-64-48(68)16-17-49(64)69)44(66)26-36(8-7-19-57-53(56)72)52(71)60-37-12-10-35(11-13-37)33-77-54(73)65(31-38-27-45-46(29-58-38)76-25-24-75-45)42-18-21-62(32-40(42)55)22-23-63-43-28-39(74-3)14-15-41(43)59-30-50(63)70/h10-17,27-30,34,36,40,42,51H,4-9,18-26,31-33H2,1-3H3,(H,60,71)(H,61,67)(H3,56,57,72)/t36-,40+,42+,51+/m1/s1. The summed E-state index contributed by atoms with van der Waals surface area (Å²) in [5, 5.41) is 8.19. The van der Waals surface area contributed by atoms with Gasteiger partial charge in [-0.3, -0.25) is 48.5 Å². The number of rotatable bonds is 26. The number of pyridine rings is 1. The van der Waals surface area contributed by atoms with Crippen LogP contribution in [0.25, 0.3) is 11.0 Å². The molecule has 5 N–H and O–H groups in total. The van der Waals surface area contributed by atoms with Gasteiger partial charge >= 0.3 is 12.1 Å². The molecule has 2 aromatic carbocycles. The Morgan fingerprint density at radius 1 is 0.896 bits per heavy atom. The molecule has 4 aromatic rings. The monoisotopic (exact) mass is 1070 g/mol. The number of nitrogens with zero attached hydrogens (tertiary/aromatic N) is 6. The summed E-state index contributed by atoms with van der Waals surface area (Å²) in [7, 11) is 1.54. The van der Waals surface area contributed by atoms with Crippen molar-refractivity contribution < 1.29 is 56.9 Å². The highest BCUT2D eigenvalue weighted by Crippen LogP contribution is 2.31. The number of halogens is 1. The van der Waals surface area contributed by atoms with Crippen molar-refractivity contribution in [3.05, 3.63) is 94.7 Å². The fourth-order valence-corrected chi connectivity index (χ4v) is 9.48. The Kier molecular flexibility index (Phi) is 20.1. The molecule has 4 atom stereocenters. The number of aromatic nitrogens is 3. The molecular formula is C54H67FN10O12. The molecule has 0 saturated carbocycles. The number of benzene rings is 2. The van der Waals surface area contributed by atoms with Crippen LogP contribution in [-0.2, 0) is 48.4 Å². The van der Waals surface area contributed by atoms with Crippen LogP contribution < -0.4 is 41.5 Å². The van der Waals surface area contributed by atoms with E-state index in [1.165, 1.54) is 36.6 Å². The number of urea groups is 1. The van der Waals surface area contributed by atoms with E-state index in [0.29, 0.717) is 97.2 Å². The fourth-order valence-electron chi connectivity index (χ4n) is 9.48. The quantitative estimate of drug-likeness (QED) is 0.0501. The van der Waals surface area contributed by atoms with E-state index in [9.17, 15) is 38.4 Å². The number of unbranched alkanes of at least 4 members (excludes halogenated alkanes) is 2. The number of ether oxygens (including phenoxy) is 4. The average Bonchev–Trinajstić information content (AvgIpc) is 3.74. The third-order valence-corrected chi connectivity index (χ3v) is 13.7. The molecule has 0 radical (unpaired) electrons. The smallest absolute Gasteiger partial charge is 0.410 e. The Balaban J connectivity index is 0.951. The lowest BCUT2D eigenvalue weighted by Gasteiger charge is -2.40. The van der Waals surface area contributed by atoms with Gasteiger partial charge in [-0.25, -0.2) is 19.0 Å². The normalized spacial score (nSPS) is 17.0. The van der Waals surface area contributed by atoms with Crippen LogP contribution in [0.5, 0.6) is 17.2 Å². The number of Topliss-reactive ketones (excluding diaryl/α,β-unsaturated/α-hetero) is 1. The number of anilines is 1. The van der Waals surface area contributed by atoms with Crippen molar-refractivity contribution in [3.8, 4) is 17.2 Å². The Labute approximate surface area is 444 Å². The Bertz CT molecular complexity index is 2850. The van der Waals surface area contributed by atoms with E-state index in [-0.39, 0.29) is 100.0 Å². The van der Waals surface area contributed by atoms with Crippen molar-refractivity contribution in [1.82, 2.24) is 39.9 Å². The number of carbonyl (C=O) groups is 7. The molecule has 0 unspecified atom stereocenters. The lowest BCUT2D eigenvalue weighted by molar-refractivity contribution is -0.137. The first-order valence-corrected chi connectivity index (χ1v) is 25.9. The number of methoxy groups -OCH3 is 1. The van der Waals surface area contributed by atoms with Crippen LogP contribution in [0, 0.1) is 11.8 Å². The number of nitrogens with two attached hydrogens (primary N) is 1. The summed E-state index contributed by atoms with van der Waals surface area (Å²) in [6.07, 6.45) is 5.23. The molecule has 3 aliphatic heterocycles. The van der Waals surface area contributed by atoms with Gasteiger partial charge in [-0.15, -0.1) is 0 Å². The van der Waals surface area contributed by atoms with Gasteiger partial charge in [0.25, 0.3) is 17.4 Å². The van der Waals surface area contributed by atoms with Crippen molar-refractivity contribution in [2.75, 3.05) is 58.4 Å². The van der Waals surface area contributed by atoms with Crippen molar-refractivity contribution in [2.24, 2.45) is 17.6 Å². The highest BCUT2D eigenvalue weighted by molar-refractivity contribution is 6.12. The summed E-state index contributed by atoms with van der Waals surface area (Å²) in [6.45, 7) is 5.45. The molecule has 77 heavy (non-hydrogen) atoms. The highest BCUT2D eigenvalue weighted by atomic mass is 19.1. The molecule has 1 fully saturated rings. The molecule has 22 nitrogen and oxygen atoms in total. The lowest BCUT2D eigenvalue weighted by Crippen LogP contribution is -2.54. The minimum atomic E-state index is -1.50. The van der Waals surface area contributed by atoms with Crippen LogP contribution in [0.15, 0.2) is 77.9 Å². The van der Waals surface area contributed by atoms with E-state index in [2.05, 4.69) is 25.9 Å². The van der Waals surface area contributed by atoms with Gasteiger partial charge in [0, 0.05) is 88.0 Å². The first-order valence-electron chi connectivity index (χ1n) is 25.9. The van der Waals surface area contributed by atoms with Crippen molar-refractivity contribution >= 4 is 58.3 Å². The van der Waals surface area contributed by atoms with E-state index in [1.54, 1.807) is 66.9 Å². The summed E-state index contributed by atoms with van der Waals surface area (Å²) >= 11 is 0. The van der Waals surface area contributed by atoms with Crippen LogP contribution in [0.1, 0.15) is 76.5 Å². The van der Waals surface area contributed by atoms with Gasteiger partial charge in [0.2, 0.25) is 11.8 Å². The zero-order chi connectivity index (χ0) is 55.0. The molecule has 3 aliphatic rings. The number of ketones is 1. The van der Waals surface area contributed by atoms with Crippen molar-refractivity contribution in [1.29, 1.82) is 0 Å². The molecule has 23 heteroatoms. The molecule has 0 aliphatic carbocycles. The summed E-state index contributed by atoms with van der Waals surface area (Å²) in [5.74, 6) is -1.53. The first kappa shape index (κ1) is 56.8. The van der Waals surface area contributed by atoms with Gasteiger partial charge < -0.3 is 45.2 Å². The van der Waals surface area contributed by atoms with Gasteiger partial charge in [-0.2, -0.15) is 0 Å². The van der Waals surface area contributed by atoms with Gasteiger partial charge in [0.05, 0.1) is 54.9 Å². The third kappa shape index (κ3) is 15.8. The summed E-state index contributed by atoms with van der Waals surface area (Å²) < 4.78 is 40.7. The summed E-state index contributed by atoms with van der Waals surface area (Å²) in [6, 6.07) is 11.0. The van der Waals surface area contributed by atoms with Gasteiger partial charge in [0.15, 0.2) is 17.3 Å². The van der Waals surface area contributed by atoms with Gasteiger partial charge in [-0.1, -0.05) is 32.4 Å². The molecule has 7 rings (SSSR count). The second kappa shape index (κ2) is 27.2. The number of primary amides is 1. The molecule has 1 saturated heterocycles. The number of imide groups is 1. The first-order chi connectivity index (χ1) is 37.1. The van der Waals surface area contributed by atoms with E-state index >= 15 is 4.39 Å². The second-order valence-corrected chi connectivity index (χ2v) is 19.5. The number of alkyl halides is 1. The topological polar surface area (TPSA) is 276 Å². The average molecular weight is 1070 g/mol. The zero-order valence-corrected chi connectivity index (χ0v) is 43.6. The number of hydrogen-bond donors (Lipinski definition) is 4. The summed E-state index contributed by atoms with van der Waals surface area (Å²) in [5.41, 5.74) is 7.55. The maximum Gasteiger partial charge on any atom is 0.410 e. The molecular weight excluding hydrogens is 1000 g/mol. The Morgan fingerprint density at radius 3 is 2.36 bits per heavy atom.